The molecule has 2 heterocycles. The lowest BCUT2D eigenvalue weighted by molar-refractivity contribution is -0.141. The molecule has 3 rings (SSSR count). The number of carbonyl (C=O) groups is 1. The van der Waals surface area contributed by atoms with Gasteiger partial charge in [0.1, 0.15) is 5.82 Å². The highest BCUT2D eigenvalue weighted by molar-refractivity contribution is 5.73. The van der Waals surface area contributed by atoms with E-state index in [0.29, 0.717) is 17.8 Å². The second kappa shape index (κ2) is 7.42. The van der Waals surface area contributed by atoms with Crippen molar-refractivity contribution in [2.75, 3.05) is 23.9 Å². The first-order chi connectivity index (χ1) is 12.8. The van der Waals surface area contributed by atoms with E-state index in [-0.39, 0.29) is 24.2 Å². The van der Waals surface area contributed by atoms with Crippen LogP contribution in [0, 0.1) is 0 Å². The molecular formula is C18H19F3N4O2. The molecular weight excluding hydrogens is 361 g/mol. The fourth-order valence-electron chi connectivity index (χ4n) is 2.73. The normalized spacial score (nSPS) is 16.6. The van der Waals surface area contributed by atoms with Gasteiger partial charge in [-0.2, -0.15) is 18.2 Å². The lowest BCUT2D eigenvalue weighted by Crippen LogP contribution is -2.46. The molecule has 1 fully saturated rings. The zero-order chi connectivity index (χ0) is 19.6. The molecule has 2 aromatic rings. The molecule has 0 aliphatic carbocycles. The number of nitrogens with one attached hydrogen (secondary N) is 1. The molecule has 1 atom stereocenters. The van der Waals surface area contributed by atoms with Crippen LogP contribution in [-0.4, -0.2) is 35.6 Å². The molecule has 1 aromatic heterocycles. The van der Waals surface area contributed by atoms with Gasteiger partial charge in [0, 0.05) is 24.3 Å². The summed E-state index contributed by atoms with van der Waals surface area (Å²) in [6.07, 6.45) is -3.62. The van der Waals surface area contributed by atoms with Gasteiger partial charge in [0.15, 0.2) is 5.69 Å². The van der Waals surface area contributed by atoms with E-state index in [1.165, 1.54) is 7.11 Å². The number of hydrogen-bond donors (Lipinski definition) is 1. The van der Waals surface area contributed by atoms with Gasteiger partial charge in [0.2, 0.25) is 5.95 Å². The molecule has 27 heavy (non-hydrogen) atoms. The first-order valence-corrected chi connectivity index (χ1v) is 8.42. The molecule has 0 unspecified atom stereocenters. The Morgan fingerprint density at radius 3 is 2.70 bits per heavy atom. The fourth-order valence-corrected chi connectivity index (χ4v) is 2.73. The molecule has 6 nitrogen and oxygen atoms in total. The van der Waals surface area contributed by atoms with Gasteiger partial charge in [-0.15, -0.1) is 0 Å². The van der Waals surface area contributed by atoms with Gasteiger partial charge >= 0.3 is 12.1 Å². The van der Waals surface area contributed by atoms with Crippen LogP contribution in [0.4, 0.5) is 30.6 Å². The number of esters is 1. The molecule has 1 N–H and O–H groups in total. The van der Waals surface area contributed by atoms with E-state index in [9.17, 15) is 18.0 Å². The number of carbonyl (C=O) groups excluding carboxylic acids is 1. The Morgan fingerprint density at radius 1 is 1.33 bits per heavy atom. The Kier molecular flexibility index (Phi) is 5.20. The highest BCUT2D eigenvalue weighted by atomic mass is 19.4. The molecule has 1 aliphatic heterocycles. The number of rotatable bonds is 5. The molecule has 0 bridgehead atoms. The average molecular weight is 380 g/mol. The van der Waals surface area contributed by atoms with Gasteiger partial charge < -0.3 is 15.0 Å². The van der Waals surface area contributed by atoms with Gasteiger partial charge in [-0.1, -0.05) is 12.1 Å². The van der Waals surface area contributed by atoms with E-state index >= 15 is 0 Å². The third kappa shape index (κ3) is 4.47. The van der Waals surface area contributed by atoms with Crippen LogP contribution in [0.2, 0.25) is 0 Å². The number of alkyl halides is 3. The van der Waals surface area contributed by atoms with Crippen LogP contribution >= 0.6 is 0 Å². The third-order valence-electron chi connectivity index (χ3n) is 4.36. The zero-order valence-corrected chi connectivity index (χ0v) is 14.9. The van der Waals surface area contributed by atoms with Crippen LogP contribution in [0.25, 0.3) is 0 Å². The van der Waals surface area contributed by atoms with E-state index in [1.54, 1.807) is 29.2 Å². The van der Waals surface area contributed by atoms with E-state index in [2.05, 4.69) is 20.0 Å². The number of benzene rings is 1. The molecule has 0 radical (unpaired) electrons. The maximum Gasteiger partial charge on any atom is 0.433 e. The maximum absolute atomic E-state index is 13.2. The van der Waals surface area contributed by atoms with E-state index < -0.39 is 17.8 Å². The van der Waals surface area contributed by atoms with Crippen LogP contribution < -0.4 is 10.2 Å². The number of ether oxygens (including phenoxy) is 1. The van der Waals surface area contributed by atoms with E-state index in [0.717, 1.165) is 12.5 Å². The lowest BCUT2D eigenvalue weighted by atomic mass is 10.1. The Balaban J connectivity index is 1.88. The minimum Gasteiger partial charge on any atom is -0.469 e. The largest absolute Gasteiger partial charge is 0.469 e. The Morgan fingerprint density at radius 2 is 2.11 bits per heavy atom. The summed E-state index contributed by atoms with van der Waals surface area (Å²) < 4.78 is 44.3. The molecule has 1 aromatic carbocycles. The van der Waals surface area contributed by atoms with Gasteiger partial charge in [-0.3, -0.25) is 4.79 Å². The van der Waals surface area contributed by atoms with Crippen LogP contribution in [-0.2, 0) is 22.1 Å². The smallest absolute Gasteiger partial charge is 0.433 e. The van der Waals surface area contributed by atoms with Crippen molar-refractivity contribution < 1.29 is 22.7 Å². The fraction of sp³-hybridized carbons (Fsp3) is 0.389. The molecule has 0 saturated carbocycles. The first-order valence-electron chi connectivity index (χ1n) is 8.42. The number of anilines is 3. The predicted octanol–water partition coefficient (Wildman–Crippen LogP) is 3.55. The average Bonchev–Trinajstić information content (AvgIpc) is 2.59. The number of nitrogens with zero attached hydrogens (tertiary/aromatic N) is 3. The Bertz CT molecular complexity index is 842. The first kappa shape index (κ1) is 18.9. The summed E-state index contributed by atoms with van der Waals surface area (Å²) >= 11 is 0. The summed E-state index contributed by atoms with van der Waals surface area (Å²) in [5.74, 6) is -0.305. The van der Waals surface area contributed by atoms with Crippen molar-refractivity contribution in [3.63, 3.8) is 0 Å². The van der Waals surface area contributed by atoms with Crippen LogP contribution in [0.1, 0.15) is 24.6 Å². The summed E-state index contributed by atoms with van der Waals surface area (Å²) in [4.78, 5) is 21.0. The highest BCUT2D eigenvalue weighted by Gasteiger charge is 2.35. The standard InChI is InChI=1S/C18H19F3N4O2/c1-11-6-7-25(11)17-23-14(18(19,20)21)10-15(24-17)22-13-5-3-4-12(8-13)9-16(26)27-2/h3-5,8,10-11H,6-7,9H2,1-2H3,(H,22,23,24)/t11-/m0/s1. The molecule has 1 saturated heterocycles. The van der Waals surface area contributed by atoms with Crippen LogP contribution in [0.15, 0.2) is 30.3 Å². The Hall–Kier alpha value is -2.84. The van der Waals surface area contributed by atoms with Crippen molar-refractivity contribution in [1.82, 2.24) is 9.97 Å². The van der Waals surface area contributed by atoms with E-state index in [1.807, 2.05) is 6.92 Å². The maximum atomic E-state index is 13.2. The summed E-state index contributed by atoms with van der Waals surface area (Å²) in [6.45, 7) is 2.53. The monoisotopic (exact) mass is 380 g/mol. The lowest BCUT2D eigenvalue weighted by Gasteiger charge is -2.38. The van der Waals surface area contributed by atoms with Gasteiger partial charge in [0.05, 0.1) is 13.5 Å². The third-order valence-corrected chi connectivity index (χ3v) is 4.36. The van der Waals surface area contributed by atoms with Gasteiger partial charge in [0.25, 0.3) is 0 Å². The van der Waals surface area contributed by atoms with Crippen LogP contribution in [0.5, 0.6) is 0 Å². The number of hydrogen-bond acceptors (Lipinski definition) is 6. The van der Waals surface area contributed by atoms with Crippen molar-refractivity contribution in [2.24, 2.45) is 0 Å². The second-order valence-electron chi connectivity index (χ2n) is 6.35. The molecule has 144 valence electrons. The number of methoxy groups -OCH3 is 1. The quantitative estimate of drug-likeness (QED) is 0.801. The summed E-state index contributed by atoms with van der Waals surface area (Å²) in [5, 5.41) is 2.88. The molecule has 0 spiro atoms. The second-order valence-corrected chi connectivity index (χ2v) is 6.35. The minimum atomic E-state index is -4.57. The van der Waals surface area contributed by atoms with Crippen molar-refractivity contribution >= 4 is 23.4 Å². The van der Waals surface area contributed by atoms with Crippen molar-refractivity contribution in [3.8, 4) is 0 Å². The summed E-state index contributed by atoms with van der Waals surface area (Å²) in [5.41, 5.74) is 0.194. The zero-order valence-electron chi connectivity index (χ0n) is 14.9. The van der Waals surface area contributed by atoms with Crippen LogP contribution in [0.3, 0.4) is 0 Å². The van der Waals surface area contributed by atoms with Gasteiger partial charge in [-0.05, 0) is 31.0 Å². The SMILES string of the molecule is COC(=O)Cc1cccc(Nc2cc(C(F)(F)F)nc(N3CC[C@@H]3C)n2)c1. The van der Waals surface area contributed by atoms with Crippen molar-refractivity contribution in [3.05, 3.63) is 41.6 Å². The summed E-state index contributed by atoms with van der Waals surface area (Å²) in [7, 11) is 1.29. The number of halogens is 3. The predicted molar refractivity (Wildman–Crippen MR) is 93.9 cm³/mol. The minimum absolute atomic E-state index is 0.0432. The highest BCUT2D eigenvalue weighted by Crippen LogP contribution is 2.33. The number of aromatic nitrogens is 2. The topological polar surface area (TPSA) is 67.3 Å². The molecule has 0 amide bonds. The van der Waals surface area contributed by atoms with E-state index in [4.69, 9.17) is 0 Å². The molecule has 1 aliphatic rings. The van der Waals surface area contributed by atoms with Crippen molar-refractivity contribution in [2.45, 2.75) is 32.0 Å². The Labute approximate surface area is 154 Å². The van der Waals surface area contributed by atoms with Gasteiger partial charge in [-0.25, -0.2) is 4.98 Å². The molecule has 9 heteroatoms. The summed E-state index contributed by atoms with van der Waals surface area (Å²) in [6, 6.07) is 7.76. The van der Waals surface area contributed by atoms with Crippen molar-refractivity contribution in [1.29, 1.82) is 0 Å².